The van der Waals surface area contributed by atoms with E-state index in [4.69, 9.17) is 11.6 Å². The summed E-state index contributed by atoms with van der Waals surface area (Å²) in [7, 11) is 0. The number of hydrogen-bond donors (Lipinski definition) is 1. The van der Waals surface area contributed by atoms with Gasteiger partial charge in [-0.25, -0.2) is 9.78 Å². The van der Waals surface area contributed by atoms with Crippen LogP contribution < -0.4 is 5.32 Å². The number of pyridine rings is 1. The molecule has 4 aromatic rings. The highest BCUT2D eigenvalue weighted by atomic mass is 35.5. The molecule has 10 heteroatoms. The first-order chi connectivity index (χ1) is 18.2. The van der Waals surface area contributed by atoms with Gasteiger partial charge in [-0.2, -0.15) is 17.6 Å². The third-order valence-corrected chi connectivity index (χ3v) is 6.79. The van der Waals surface area contributed by atoms with Crippen molar-refractivity contribution in [3.63, 3.8) is 0 Å². The van der Waals surface area contributed by atoms with Gasteiger partial charge in [-0.1, -0.05) is 42.0 Å². The van der Waals surface area contributed by atoms with Crippen molar-refractivity contribution in [2.45, 2.75) is 25.7 Å². The van der Waals surface area contributed by atoms with Crippen LogP contribution in [0.2, 0.25) is 5.02 Å². The van der Waals surface area contributed by atoms with Crippen LogP contribution in [0.3, 0.4) is 0 Å². The maximum Gasteiger partial charge on any atom is 0.416 e. The minimum Gasteiger partial charge on any atom is -0.333 e. The van der Waals surface area contributed by atoms with E-state index in [1.165, 1.54) is 22.9 Å². The lowest BCUT2D eigenvalue weighted by Crippen LogP contribution is -2.34. The second kappa shape index (κ2) is 10.6. The SMILES string of the molecule is O=C(NCc1ccnc(F)c1)n1c2c(c3ccc(C(F)(F)F)cc31)CN(CC=Cc1ccc(Cl)cc1)CC2. The molecule has 1 amide bonds. The second-order valence-electron chi connectivity index (χ2n) is 9.07. The first kappa shape index (κ1) is 25.9. The van der Waals surface area contributed by atoms with Gasteiger partial charge < -0.3 is 5.32 Å². The maximum atomic E-state index is 13.5. The molecule has 2 aromatic heterocycles. The van der Waals surface area contributed by atoms with E-state index < -0.39 is 23.7 Å². The molecule has 5 rings (SSSR count). The van der Waals surface area contributed by atoms with Gasteiger partial charge >= 0.3 is 12.2 Å². The number of carbonyl (C=O) groups excluding carboxylic acids is 1. The summed E-state index contributed by atoms with van der Waals surface area (Å²) in [4.78, 5) is 18.9. The topological polar surface area (TPSA) is 50.2 Å². The van der Waals surface area contributed by atoms with Crippen molar-refractivity contribution in [1.29, 1.82) is 0 Å². The molecule has 1 aliphatic heterocycles. The third kappa shape index (κ3) is 5.58. The molecule has 0 aliphatic carbocycles. The zero-order chi connectivity index (χ0) is 26.9. The summed E-state index contributed by atoms with van der Waals surface area (Å²) in [6.07, 6.45) is 1.23. The summed E-state index contributed by atoms with van der Waals surface area (Å²) < 4.78 is 55.4. The smallest absolute Gasteiger partial charge is 0.333 e. The monoisotopic (exact) mass is 542 g/mol. The Morgan fingerprint density at radius 2 is 1.89 bits per heavy atom. The van der Waals surface area contributed by atoms with E-state index in [2.05, 4.69) is 15.2 Å². The summed E-state index contributed by atoms with van der Waals surface area (Å²) in [6.45, 7) is 1.75. The minimum absolute atomic E-state index is 0.00724. The van der Waals surface area contributed by atoms with Crippen LogP contribution in [0, 0.1) is 5.95 Å². The fourth-order valence-corrected chi connectivity index (χ4v) is 4.82. The summed E-state index contributed by atoms with van der Waals surface area (Å²) in [5.41, 5.74) is 2.37. The molecule has 38 heavy (non-hydrogen) atoms. The van der Waals surface area contributed by atoms with Crippen molar-refractivity contribution in [2.75, 3.05) is 13.1 Å². The predicted octanol–water partition coefficient (Wildman–Crippen LogP) is 6.68. The van der Waals surface area contributed by atoms with Gasteiger partial charge in [-0.15, -0.1) is 0 Å². The minimum atomic E-state index is -4.55. The molecule has 1 N–H and O–H groups in total. The van der Waals surface area contributed by atoms with Crippen LogP contribution in [-0.4, -0.2) is 33.6 Å². The molecule has 3 heterocycles. The van der Waals surface area contributed by atoms with Gasteiger partial charge in [0.05, 0.1) is 11.1 Å². The van der Waals surface area contributed by atoms with Crippen LogP contribution in [0.4, 0.5) is 22.4 Å². The molecule has 0 unspecified atom stereocenters. The molecule has 2 aromatic carbocycles. The van der Waals surface area contributed by atoms with Crippen LogP contribution in [-0.2, 0) is 25.7 Å². The molecular formula is C28H23ClF4N4O. The van der Waals surface area contributed by atoms with Gasteiger partial charge in [0.1, 0.15) is 0 Å². The fraction of sp³-hybridized carbons (Fsp3) is 0.214. The lowest BCUT2D eigenvalue weighted by atomic mass is 10.0. The number of halogens is 5. The fourth-order valence-electron chi connectivity index (χ4n) is 4.70. The summed E-state index contributed by atoms with van der Waals surface area (Å²) in [5.74, 6) is -0.680. The van der Waals surface area contributed by atoms with Crippen molar-refractivity contribution in [1.82, 2.24) is 19.8 Å². The van der Waals surface area contributed by atoms with Gasteiger partial charge in [0.2, 0.25) is 5.95 Å². The zero-order valence-electron chi connectivity index (χ0n) is 20.1. The Morgan fingerprint density at radius 1 is 1.11 bits per heavy atom. The van der Waals surface area contributed by atoms with Crippen LogP contribution in [0.15, 0.2) is 66.9 Å². The van der Waals surface area contributed by atoms with E-state index in [1.54, 1.807) is 6.07 Å². The van der Waals surface area contributed by atoms with Crippen molar-refractivity contribution >= 4 is 34.6 Å². The normalized spacial score (nSPS) is 14.2. The predicted molar refractivity (Wildman–Crippen MR) is 138 cm³/mol. The van der Waals surface area contributed by atoms with Crippen molar-refractivity contribution < 1.29 is 22.4 Å². The highest BCUT2D eigenvalue weighted by molar-refractivity contribution is 6.30. The van der Waals surface area contributed by atoms with Gasteiger partial charge in [-0.3, -0.25) is 9.47 Å². The third-order valence-electron chi connectivity index (χ3n) is 6.54. The zero-order valence-corrected chi connectivity index (χ0v) is 20.9. The number of hydrogen-bond acceptors (Lipinski definition) is 3. The van der Waals surface area contributed by atoms with Crippen LogP contribution in [0.1, 0.15) is 27.9 Å². The molecule has 0 radical (unpaired) electrons. The Balaban J connectivity index is 1.43. The molecule has 0 bridgehead atoms. The Bertz CT molecular complexity index is 1510. The number of nitrogens with one attached hydrogen (secondary N) is 1. The number of amides is 1. The lowest BCUT2D eigenvalue weighted by Gasteiger charge is -2.27. The van der Waals surface area contributed by atoms with E-state index >= 15 is 0 Å². The Labute approximate surface area is 221 Å². The van der Waals surface area contributed by atoms with Gasteiger partial charge in [0, 0.05) is 54.9 Å². The highest BCUT2D eigenvalue weighted by Gasteiger charge is 2.33. The van der Waals surface area contributed by atoms with Crippen LogP contribution in [0.25, 0.3) is 17.0 Å². The summed E-state index contributed by atoms with van der Waals surface area (Å²) in [5, 5.41) is 3.97. The van der Waals surface area contributed by atoms with Gasteiger partial charge in [-0.05, 0) is 53.1 Å². The molecule has 1 aliphatic rings. The molecular weight excluding hydrogens is 520 g/mol. The molecule has 0 spiro atoms. The van der Waals surface area contributed by atoms with Crippen LogP contribution >= 0.6 is 11.6 Å². The molecule has 0 saturated carbocycles. The number of alkyl halides is 3. The van der Waals surface area contributed by atoms with E-state index in [0.29, 0.717) is 47.7 Å². The largest absolute Gasteiger partial charge is 0.416 e. The van der Waals surface area contributed by atoms with Crippen molar-refractivity contribution in [3.05, 3.63) is 106 Å². The standard InChI is InChI=1S/C28H23ClF4N4O/c29-21-6-3-18(4-7-21)2-1-12-36-13-10-24-23(17-36)22-8-5-20(28(31,32)33)15-25(22)37(24)27(38)35-16-19-9-11-34-26(30)14-19/h1-9,11,14-15H,10,12-13,16-17H2,(H,35,38). The molecule has 196 valence electrons. The summed E-state index contributed by atoms with van der Waals surface area (Å²) >= 11 is 5.94. The number of nitrogens with zero attached hydrogens (tertiary/aromatic N) is 3. The first-order valence-corrected chi connectivity index (χ1v) is 12.3. The number of benzene rings is 2. The lowest BCUT2D eigenvalue weighted by molar-refractivity contribution is -0.137. The van der Waals surface area contributed by atoms with E-state index in [1.807, 2.05) is 36.4 Å². The average molecular weight is 543 g/mol. The van der Waals surface area contributed by atoms with Crippen molar-refractivity contribution in [3.8, 4) is 0 Å². The number of rotatable bonds is 5. The molecule has 0 fully saturated rings. The van der Waals surface area contributed by atoms with E-state index in [-0.39, 0.29) is 12.1 Å². The summed E-state index contributed by atoms with van der Waals surface area (Å²) in [6, 6.07) is 13.1. The van der Waals surface area contributed by atoms with Gasteiger partial charge in [0.25, 0.3) is 0 Å². The molecule has 0 saturated heterocycles. The highest BCUT2D eigenvalue weighted by Crippen LogP contribution is 2.36. The maximum absolute atomic E-state index is 13.5. The second-order valence-corrected chi connectivity index (χ2v) is 9.51. The Kier molecular flexibility index (Phi) is 7.23. The first-order valence-electron chi connectivity index (χ1n) is 12.0. The molecule has 5 nitrogen and oxygen atoms in total. The number of carbonyl (C=O) groups is 1. The van der Waals surface area contributed by atoms with Crippen LogP contribution in [0.5, 0.6) is 0 Å². The van der Waals surface area contributed by atoms with Crippen molar-refractivity contribution in [2.24, 2.45) is 0 Å². The quantitative estimate of drug-likeness (QED) is 0.226. The van der Waals surface area contributed by atoms with E-state index in [0.717, 1.165) is 23.3 Å². The Morgan fingerprint density at radius 3 is 2.63 bits per heavy atom. The number of fused-ring (bicyclic) bond motifs is 3. The molecule has 0 atom stereocenters. The average Bonchev–Trinajstić information content (AvgIpc) is 3.21. The van der Waals surface area contributed by atoms with E-state index in [9.17, 15) is 22.4 Å². The number of aromatic nitrogens is 2. The van der Waals surface area contributed by atoms with Gasteiger partial charge in [0.15, 0.2) is 0 Å². The Hall–Kier alpha value is -3.69.